The standard InChI is InChI=1S/C8H10IN3O/c1-8(2-3-8)12-6-5(9)7(13)11-4-10-6/h4H,2-3H2,1H3,(H2,10,11,12,13). The normalized spacial score (nSPS) is 18.3. The zero-order valence-corrected chi connectivity index (χ0v) is 9.38. The molecule has 0 atom stereocenters. The first-order valence-corrected chi connectivity index (χ1v) is 5.20. The van der Waals surface area contributed by atoms with Crippen molar-refractivity contribution < 1.29 is 0 Å². The molecule has 0 bridgehead atoms. The van der Waals surface area contributed by atoms with E-state index in [1.165, 1.54) is 6.33 Å². The Bertz CT molecular complexity index is 383. The molecule has 0 radical (unpaired) electrons. The highest BCUT2D eigenvalue weighted by Crippen LogP contribution is 2.37. The number of aromatic amines is 1. The third-order valence-corrected chi connectivity index (χ3v) is 3.22. The number of aromatic nitrogens is 2. The second-order valence-electron chi connectivity index (χ2n) is 3.58. The molecule has 1 aliphatic rings. The number of rotatable bonds is 2. The number of H-pyrrole nitrogens is 1. The van der Waals surface area contributed by atoms with Gasteiger partial charge in [-0.3, -0.25) is 4.79 Å². The van der Waals surface area contributed by atoms with E-state index in [1.807, 2.05) is 22.6 Å². The fraction of sp³-hybridized carbons (Fsp3) is 0.500. The zero-order chi connectivity index (χ0) is 9.47. The maximum absolute atomic E-state index is 11.2. The van der Waals surface area contributed by atoms with Gasteiger partial charge in [-0.25, -0.2) is 4.98 Å². The predicted octanol–water partition coefficient (Wildman–Crippen LogP) is 1.34. The molecule has 2 rings (SSSR count). The lowest BCUT2D eigenvalue weighted by atomic mass is 10.3. The van der Waals surface area contributed by atoms with Gasteiger partial charge in [0.05, 0.1) is 6.33 Å². The molecule has 0 aliphatic heterocycles. The van der Waals surface area contributed by atoms with Crippen molar-refractivity contribution >= 4 is 28.4 Å². The van der Waals surface area contributed by atoms with E-state index in [-0.39, 0.29) is 11.1 Å². The van der Waals surface area contributed by atoms with Gasteiger partial charge in [0.25, 0.3) is 5.56 Å². The molecule has 0 spiro atoms. The first-order valence-electron chi connectivity index (χ1n) is 4.12. The highest BCUT2D eigenvalue weighted by molar-refractivity contribution is 14.1. The van der Waals surface area contributed by atoms with Crippen molar-refractivity contribution in [3.05, 3.63) is 20.3 Å². The summed E-state index contributed by atoms with van der Waals surface area (Å²) in [5.41, 5.74) is 0.0862. The van der Waals surface area contributed by atoms with Crippen LogP contribution in [-0.2, 0) is 0 Å². The summed E-state index contributed by atoms with van der Waals surface area (Å²) in [6, 6.07) is 0. The number of nitrogens with zero attached hydrogens (tertiary/aromatic N) is 1. The van der Waals surface area contributed by atoms with E-state index < -0.39 is 0 Å². The zero-order valence-electron chi connectivity index (χ0n) is 7.22. The second-order valence-corrected chi connectivity index (χ2v) is 4.66. The first-order chi connectivity index (χ1) is 6.11. The average Bonchev–Trinajstić information content (AvgIpc) is 2.78. The summed E-state index contributed by atoms with van der Waals surface area (Å²) in [6.07, 6.45) is 3.73. The van der Waals surface area contributed by atoms with E-state index in [9.17, 15) is 4.79 Å². The molecule has 1 heterocycles. The summed E-state index contributed by atoms with van der Waals surface area (Å²) >= 11 is 2.00. The van der Waals surface area contributed by atoms with Crippen LogP contribution in [0.5, 0.6) is 0 Å². The average molecular weight is 291 g/mol. The Kier molecular flexibility index (Phi) is 2.05. The van der Waals surface area contributed by atoms with Crippen molar-refractivity contribution in [1.29, 1.82) is 0 Å². The number of nitrogens with one attached hydrogen (secondary N) is 2. The monoisotopic (exact) mass is 291 g/mol. The van der Waals surface area contributed by atoms with Crippen LogP contribution >= 0.6 is 22.6 Å². The van der Waals surface area contributed by atoms with Crippen molar-refractivity contribution in [3.8, 4) is 0 Å². The van der Waals surface area contributed by atoms with Crippen LogP contribution in [0.2, 0.25) is 0 Å². The van der Waals surface area contributed by atoms with Gasteiger partial charge >= 0.3 is 0 Å². The molecule has 1 aromatic heterocycles. The van der Waals surface area contributed by atoms with E-state index >= 15 is 0 Å². The molecule has 0 unspecified atom stereocenters. The Morgan fingerprint density at radius 2 is 2.38 bits per heavy atom. The first kappa shape index (κ1) is 8.98. The van der Waals surface area contributed by atoms with E-state index in [1.54, 1.807) is 0 Å². The molecule has 1 aromatic rings. The molecule has 0 saturated heterocycles. The van der Waals surface area contributed by atoms with Gasteiger partial charge in [-0.2, -0.15) is 0 Å². The van der Waals surface area contributed by atoms with Gasteiger partial charge in [-0.15, -0.1) is 0 Å². The largest absolute Gasteiger partial charge is 0.364 e. The topological polar surface area (TPSA) is 57.8 Å². The van der Waals surface area contributed by atoms with Crippen molar-refractivity contribution in [2.75, 3.05) is 5.32 Å². The summed E-state index contributed by atoms with van der Waals surface area (Å²) in [6.45, 7) is 2.13. The van der Waals surface area contributed by atoms with Crippen molar-refractivity contribution in [1.82, 2.24) is 9.97 Å². The molecule has 2 N–H and O–H groups in total. The molecule has 5 heteroatoms. The number of halogens is 1. The van der Waals surface area contributed by atoms with Crippen LogP contribution in [0.3, 0.4) is 0 Å². The van der Waals surface area contributed by atoms with Gasteiger partial charge in [0.15, 0.2) is 0 Å². The van der Waals surface area contributed by atoms with E-state index in [0.29, 0.717) is 9.39 Å². The van der Waals surface area contributed by atoms with Crippen LogP contribution in [-0.4, -0.2) is 15.5 Å². The summed E-state index contributed by atoms with van der Waals surface area (Å²) in [4.78, 5) is 17.8. The molecule has 0 amide bonds. The number of anilines is 1. The maximum Gasteiger partial charge on any atom is 0.266 e. The van der Waals surface area contributed by atoms with Gasteiger partial charge in [0.2, 0.25) is 0 Å². The molecule has 1 fully saturated rings. The fourth-order valence-electron chi connectivity index (χ4n) is 1.07. The maximum atomic E-state index is 11.2. The van der Waals surface area contributed by atoms with Gasteiger partial charge in [-0.1, -0.05) is 0 Å². The van der Waals surface area contributed by atoms with Crippen molar-refractivity contribution in [3.63, 3.8) is 0 Å². The van der Waals surface area contributed by atoms with Gasteiger partial charge < -0.3 is 10.3 Å². The molecular weight excluding hydrogens is 281 g/mol. The molecule has 1 saturated carbocycles. The van der Waals surface area contributed by atoms with Crippen LogP contribution < -0.4 is 10.9 Å². The summed E-state index contributed by atoms with van der Waals surface area (Å²) in [5.74, 6) is 0.698. The highest BCUT2D eigenvalue weighted by atomic mass is 127. The number of hydrogen-bond donors (Lipinski definition) is 2. The second kappa shape index (κ2) is 2.97. The van der Waals surface area contributed by atoms with E-state index in [0.717, 1.165) is 12.8 Å². The fourth-order valence-corrected chi connectivity index (χ4v) is 1.50. The SMILES string of the molecule is CC1(Nc2nc[nH]c(=O)c2I)CC1. The number of hydrogen-bond acceptors (Lipinski definition) is 3. The van der Waals surface area contributed by atoms with Crippen LogP contribution in [0.1, 0.15) is 19.8 Å². The van der Waals surface area contributed by atoms with Gasteiger partial charge in [-0.05, 0) is 42.4 Å². The third-order valence-electron chi connectivity index (χ3n) is 2.22. The van der Waals surface area contributed by atoms with Gasteiger partial charge in [0, 0.05) is 5.54 Å². The quantitative estimate of drug-likeness (QED) is 0.808. The Morgan fingerprint density at radius 3 is 3.00 bits per heavy atom. The van der Waals surface area contributed by atoms with Crippen molar-refractivity contribution in [2.24, 2.45) is 0 Å². The van der Waals surface area contributed by atoms with Crippen LogP contribution in [0, 0.1) is 3.57 Å². The predicted molar refractivity (Wildman–Crippen MR) is 58.8 cm³/mol. The Balaban J connectivity index is 2.30. The highest BCUT2D eigenvalue weighted by Gasteiger charge is 2.37. The third kappa shape index (κ3) is 1.84. The Morgan fingerprint density at radius 1 is 1.69 bits per heavy atom. The summed E-state index contributed by atoms with van der Waals surface area (Å²) in [5, 5.41) is 3.26. The van der Waals surface area contributed by atoms with Gasteiger partial charge in [0.1, 0.15) is 9.39 Å². The lowest BCUT2D eigenvalue weighted by Crippen LogP contribution is -2.21. The Labute approximate surface area is 89.3 Å². The molecule has 13 heavy (non-hydrogen) atoms. The molecule has 70 valence electrons. The smallest absolute Gasteiger partial charge is 0.266 e. The minimum absolute atomic E-state index is 0.0812. The van der Waals surface area contributed by atoms with Crippen LogP contribution in [0.25, 0.3) is 0 Å². The lowest BCUT2D eigenvalue weighted by molar-refractivity contribution is 0.816. The van der Waals surface area contributed by atoms with Crippen molar-refractivity contribution in [2.45, 2.75) is 25.3 Å². The lowest BCUT2D eigenvalue weighted by Gasteiger charge is -2.12. The minimum atomic E-state index is -0.0812. The van der Waals surface area contributed by atoms with Crippen LogP contribution in [0.4, 0.5) is 5.82 Å². The van der Waals surface area contributed by atoms with E-state index in [2.05, 4.69) is 22.2 Å². The Hall–Kier alpha value is -0.590. The molecule has 1 aliphatic carbocycles. The molecule has 4 nitrogen and oxygen atoms in total. The summed E-state index contributed by atoms with van der Waals surface area (Å²) in [7, 11) is 0. The van der Waals surface area contributed by atoms with Crippen LogP contribution in [0.15, 0.2) is 11.1 Å². The minimum Gasteiger partial charge on any atom is -0.364 e. The molecular formula is C8H10IN3O. The van der Waals surface area contributed by atoms with E-state index in [4.69, 9.17) is 0 Å². The molecule has 0 aromatic carbocycles. The summed E-state index contributed by atoms with van der Waals surface area (Å²) < 4.78 is 0.633.